The summed E-state index contributed by atoms with van der Waals surface area (Å²) in [5.41, 5.74) is 2.12. The highest BCUT2D eigenvalue weighted by atomic mass is 16.5. The highest BCUT2D eigenvalue weighted by molar-refractivity contribution is 5.77. The molecule has 1 aromatic heterocycles. The van der Waals surface area contributed by atoms with E-state index in [0.29, 0.717) is 18.1 Å². The molecule has 1 atom stereocenters. The lowest BCUT2D eigenvalue weighted by Gasteiger charge is -2.21. The topological polar surface area (TPSA) is 68.5 Å². The third-order valence-corrected chi connectivity index (χ3v) is 5.35. The summed E-state index contributed by atoms with van der Waals surface area (Å²) < 4.78 is 10.7. The molecule has 0 N–H and O–H groups in total. The minimum absolute atomic E-state index is 0.126. The molecule has 1 saturated heterocycles. The molecule has 150 valence electrons. The second-order valence-corrected chi connectivity index (χ2v) is 7.27. The monoisotopic (exact) mass is 391 g/mol. The number of methoxy groups -OCH3 is 1. The number of amides is 1. The molecule has 1 amide bonds. The summed E-state index contributed by atoms with van der Waals surface area (Å²) in [4.78, 5) is 19.3. The van der Waals surface area contributed by atoms with Crippen LogP contribution in [0.5, 0.6) is 5.75 Å². The van der Waals surface area contributed by atoms with Gasteiger partial charge in [0.15, 0.2) is 0 Å². The SMILES string of the molecule is COc1ccc(-c2noc(C3CCCN3C(=O)CCCc3ccccc3)n2)cc1. The van der Waals surface area contributed by atoms with Gasteiger partial charge in [-0.15, -0.1) is 0 Å². The van der Waals surface area contributed by atoms with Crippen LogP contribution in [0.1, 0.15) is 43.2 Å². The van der Waals surface area contributed by atoms with Crippen molar-refractivity contribution < 1.29 is 14.1 Å². The minimum Gasteiger partial charge on any atom is -0.497 e. The normalized spacial score (nSPS) is 16.2. The van der Waals surface area contributed by atoms with Gasteiger partial charge in [0, 0.05) is 18.5 Å². The Morgan fingerprint density at radius 2 is 1.97 bits per heavy atom. The number of hydrogen-bond acceptors (Lipinski definition) is 5. The molecule has 6 nitrogen and oxygen atoms in total. The maximum absolute atomic E-state index is 12.8. The molecular formula is C23H25N3O3. The predicted octanol–water partition coefficient (Wildman–Crippen LogP) is 4.43. The number of rotatable bonds is 7. The molecule has 2 aromatic carbocycles. The van der Waals surface area contributed by atoms with E-state index in [2.05, 4.69) is 22.3 Å². The average Bonchev–Trinajstić information content (AvgIpc) is 3.44. The van der Waals surface area contributed by atoms with Gasteiger partial charge in [-0.05, 0) is 55.5 Å². The molecule has 0 radical (unpaired) electrons. The number of aryl methyl sites for hydroxylation is 1. The molecule has 1 aliphatic rings. The maximum atomic E-state index is 12.8. The van der Waals surface area contributed by atoms with Gasteiger partial charge in [-0.25, -0.2) is 0 Å². The number of nitrogens with zero attached hydrogens (tertiary/aromatic N) is 3. The summed E-state index contributed by atoms with van der Waals surface area (Å²) in [5.74, 6) is 1.99. The van der Waals surface area contributed by atoms with E-state index in [1.54, 1.807) is 7.11 Å². The van der Waals surface area contributed by atoms with Crippen molar-refractivity contribution in [3.8, 4) is 17.1 Å². The van der Waals surface area contributed by atoms with Gasteiger partial charge in [-0.1, -0.05) is 35.5 Å². The summed E-state index contributed by atoms with van der Waals surface area (Å²) in [6.07, 6.45) is 4.09. The Bertz CT molecular complexity index is 938. The number of likely N-dealkylation sites (tertiary alicyclic amines) is 1. The summed E-state index contributed by atoms with van der Waals surface area (Å²) in [6, 6.07) is 17.7. The van der Waals surface area contributed by atoms with Crippen LogP contribution >= 0.6 is 0 Å². The second kappa shape index (κ2) is 8.90. The van der Waals surface area contributed by atoms with Crippen LogP contribution in [0, 0.1) is 0 Å². The fraction of sp³-hybridized carbons (Fsp3) is 0.348. The Balaban J connectivity index is 1.39. The second-order valence-electron chi connectivity index (χ2n) is 7.27. The van der Waals surface area contributed by atoms with Crippen molar-refractivity contribution in [3.63, 3.8) is 0 Å². The van der Waals surface area contributed by atoms with Crippen LogP contribution in [0.25, 0.3) is 11.4 Å². The van der Waals surface area contributed by atoms with Crippen molar-refractivity contribution in [1.82, 2.24) is 15.0 Å². The van der Waals surface area contributed by atoms with Crippen LogP contribution in [0.15, 0.2) is 59.1 Å². The fourth-order valence-electron chi connectivity index (χ4n) is 3.78. The van der Waals surface area contributed by atoms with Crippen molar-refractivity contribution in [3.05, 3.63) is 66.1 Å². The molecule has 0 saturated carbocycles. The molecule has 2 heterocycles. The first-order valence-corrected chi connectivity index (χ1v) is 10.1. The largest absolute Gasteiger partial charge is 0.497 e. The number of benzene rings is 2. The fourth-order valence-corrected chi connectivity index (χ4v) is 3.78. The lowest BCUT2D eigenvalue weighted by atomic mass is 10.1. The molecule has 3 aromatic rings. The van der Waals surface area contributed by atoms with Crippen LogP contribution in [-0.2, 0) is 11.2 Å². The Labute approximate surface area is 170 Å². The molecule has 29 heavy (non-hydrogen) atoms. The molecular weight excluding hydrogens is 366 g/mol. The molecule has 4 rings (SSSR count). The molecule has 0 bridgehead atoms. The van der Waals surface area contributed by atoms with E-state index in [4.69, 9.17) is 9.26 Å². The summed E-state index contributed by atoms with van der Waals surface area (Å²) in [6.45, 7) is 0.745. The number of carbonyl (C=O) groups is 1. The van der Waals surface area contributed by atoms with Crippen LogP contribution in [0.4, 0.5) is 0 Å². The smallest absolute Gasteiger partial charge is 0.249 e. The van der Waals surface area contributed by atoms with Crippen LogP contribution in [0.3, 0.4) is 0 Å². The van der Waals surface area contributed by atoms with Crippen molar-refractivity contribution in [2.75, 3.05) is 13.7 Å². The first-order valence-electron chi connectivity index (χ1n) is 10.1. The molecule has 1 unspecified atom stereocenters. The van der Waals surface area contributed by atoms with Gasteiger partial charge in [-0.2, -0.15) is 4.98 Å². The maximum Gasteiger partial charge on any atom is 0.249 e. The first-order chi connectivity index (χ1) is 14.2. The zero-order valence-electron chi connectivity index (χ0n) is 16.6. The lowest BCUT2D eigenvalue weighted by Crippen LogP contribution is -2.30. The summed E-state index contributed by atoms with van der Waals surface area (Å²) >= 11 is 0. The molecule has 0 spiro atoms. The number of aromatic nitrogens is 2. The number of ether oxygens (including phenoxy) is 1. The van der Waals surface area contributed by atoms with E-state index in [1.165, 1.54) is 5.56 Å². The lowest BCUT2D eigenvalue weighted by molar-refractivity contribution is -0.132. The van der Waals surface area contributed by atoms with Crippen LogP contribution in [-0.4, -0.2) is 34.6 Å². The standard InChI is InChI=1S/C23H25N3O3/c1-28-19-14-12-18(13-15-19)22-24-23(29-25-22)20-10-6-16-26(20)21(27)11-5-9-17-7-3-2-4-8-17/h2-4,7-8,12-15,20H,5-6,9-11,16H2,1H3. The highest BCUT2D eigenvalue weighted by Gasteiger charge is 2.33. The van der Waals surface area contributed by atoms with Gasteiger partial charge < -0.3 is 14.2 Å². The first kappa shape index (κ1) is 19.2. The molecule has 6 heteroatoms. The van der Waals surface area contributed by atoms with Crippen molar-refractivity contribution in [2.24, 2.45) is 0 Å². The quantitative estimate of drug-likeness (QED) is 0.596. The van der Waals surface area contributed by atoms with E-state index >= 15 is 0 Å². The van der Waals surface area contributed by atoms with Crippen LogP contribution in [0.2, 0.25) is 0 Å². The van der Waals surface area contributed by atoms with E-state index in [-0.39, 0.29) is 11.9 Å². The van der Waals surface area contributed by atoms with Crippen LogP contribution < -0.4 is 4.74 Å². The third kappa shape index (κ3) is 4.47. The van der Waals surface area contributed by atoms with Gasteiger partial charge in [0.05, 0.1) is 7.11 Å². The Morgan fingerprint density at radius 3 is 2.72 bits per heavy atom. The highest BCUT2D eigenvalue weighted by Crippen LogP contribution is 2.33. The van der Waals surface area contributed by atoms with E-state index < -0.39 is 0 Å². The molecule has 1 aliphatic heterocycles. The Kier molecular flexibility index (Phi) is 5.89. The zero-order chi connectivity index (χ0) is 20.1. The van der Waals surface area contributed by atoms with Gasteiger partial charge in [-0.3, -0.25) is 4.79 Å². The van der Waals surface area contributed by atoms with E-state index in [0.717, 1.165) is 43.5 Å². The Morgan fingerprint density at radius 1 is 1.17 bits per heavy atom. The van der Waals surface area contributed by atoms with E-state index in [1.807, 2.05) is 47.4 Å². The van der Waals surface area contributed by atoms with Crippen molar-refractivity contribution in [2.45, 2.75) is 38.1 Å². The summed E-state index contributed by atoms with van der Waals surface area (Å²) in [5, 5.41) is 4.12. The van der Waals surface area contributed by atoms with Gasteiger partial charge in [0.25, 0.3) is 0 Å². The number of hydrogen-bond donors (Lipinski definition) is 0. The number of carbonyl (C=O) groups excluding carboxylic acids is 1. The van der Waals surface area contributed by atoms with Gasteiger partial charge >= 0.3 is 0 Å². The van der Waals surface area contributed by atoms with E-state index in [9.17, 15) is 4.79 Å². The minimum atomic E-state index is -0.126. The Hall–Kier alpha value is -3.15. The van der Waals surface area contributed by atoms with Gasteiger partial charge in [0.1, 0.15) is 11.8 Å². The zero-order valence-corrected chi connectivity index (χ0v) is 16.6. The molecule has 1 fully saturated rings. The van der Waals surface area contributed by atoms with Crippen molar-refractivity contribution in [1.29, 1.82) is 0 Å². The molecule has 0 aliphatic carbocycles. The van der Waals surface area contributed by atoms with Gasteiger partial charge in [0.2, 0.25) is 17.6 Å². The third-order valence-electron chi connectivity index (χ3n) is 5.35. The van der Waals surface area contributed by atoms with Crippen molar-refractivity contribution >= 4 is 5.91 Å². The predicted molar refractivity (Wildman–Crippen MR) is 109 cm³/mol. The summed E-state index contributed by atoms with van der Waals surface area (Å²) in [7, 11) is 1.63. The average molecular weight is 391 g/mol.